The van der Waals surface area contributed by atoms with E-state index in [9.17, 15) is 0 Å². The average Bonchev–Trinajstić information content (AvgIpc) is 3.63. The van der Waals surface area contributed by atoms with E-state index in [0.717, 1.165) is 30.3 Å². The van der Waals surface area contributed by atoms with Crippen LogP contribution in [-0.2, 0) is 41.1 Å². The summed E-state index contributed by atoms with van der Waals surface area (Å²) in [4.78, 5) is 0. The van der Waals surface area contributed by atoms with Gasteiger partial charge in [-0.2, -0.15) is 35.9 Å². The van der Waals surface area contributed by atoms with Gasteiger partial charge in [0.15, 0.2) is 0 Å². The van der Waals surface area contributed by atoms with Gasteiger partial charge in [-0.1, -0.05) is 71.6 Å². The summed E-state index contributed by atoms with van der Waals surface area (Å²) in [6.45, 7) is 18.2. The fraction of sp³-hybridized carbons (Fsp3) is 0.268. The number of hydrogen-bond donors (Lipinski definition) is 0. The van der Waals surface area contributed by atoms with Crippen LogP contribution in [0.15, 0.2) is 109 Å². The van der Waals surface area contributed by atoms with E-state index >= 15 is 0 Å². The van der Waals surface area contributed by atoms with Crippen LogP contribution in [-0.4, -0.2) is 3.26 Å². The van der Waals surface area contributed by atoms with E-state index in [4.69, 9.17) is 0 Å². The number of aryl methyl sites for hydroxylation is 2. The minimum absolute atomic E-state index is 0. The van der Waals surface area contributed by atoms with Crippen molar-refractivity contribution in [2.75, 3.05) is 0 Å². The summed E-state index contributed by atoms with van der Waals surface area (Å²) in [5.74, 6) is 0. The van der Waals surface area contributed by atoms with Gasteiger partial charge in [0.25, 0.3) is 0 Å². The fourth-order valence-corrected chi connectivity index (χ4v) is 6.92. The summed E-state index contributed by atoms with van der Waals surface area (Å²) < 4.78 is 1.46. The van der Waals surface area contributed by atoms with Gasteiger partial charge >= 0.3 is 98.9 Å². The second-order valence-corrected chi connectivity index (χ2v) is 15.1. The Kier molecular flexibility index (Phi) is 13.9. The predicted octanol–water partition coefficient (Wildman–Crippen LogP) is 4.49. The molecular weight excluding hydrogens is 742 g/mol. The molecule has 0 spiro atoms. The van der Waals surface area contributed by atoms with Gasteiger partial charge in [-0.25, -0.2) is 12.1 Å². The summed E-state index contributed by atoms with van der Waals surface area (Å²) in [5.41, 5.74) is 14.3. The van der Waals surface area contributed by atoms with Crippen LogP contribution in [0.5, 0.6) is 0 Å². The Morgan fingerprint density at radius 3 is 1.57 bits per heavy atom. The third-order valence-corrected chi connectivity index (χ3v) is 9.83. The molecule has 5 aromatic rings. The van der Waals surface area contributed by atoms with E-state index < -0.39 is 0 Å². The zero-order valence-corrected chi connectivity index (χ0v) is 32.5. The first-order valence-electron chi connectivity index (χ1n) is 14.9. The normalized spacial score (nSPS) is 11.3. The monoisotopic (exact) mass is 786 g/mol. The van der Waals surface area contributed by atoms with Crippen molar-refractivity contribution in [1.29, 1.82) is 0 Å². The van der Waals surface area contributed by atoms with Gasteiger partial charge in [0.2, 0.25) is 0 Å². The summed E-state index contributed by atoms with van der Waals surface area (Å²) in [7, 11) is 0. The van der Waals surface area contributed by atoms with Crippen molar-refractivity contribution in [1.82, 2.24) is 0 Å². The van der Waals surface area contributed by atoms with Crippen LogP contribution in [0.2, 0.25) is 0 Å². The number of hydrogen-bond acceptors (Lipinski definition) is 0. The molecule has 0 radical (unpaired) electrons. The molecule has 44 heavy (non-hydrogen) atoms. The van der Waals surface area contributed by atoms with Crippen molar-refractivity contribution >= 4 is 3.26 Å². The van der Waals surface area contributed by atoms with Gasteiger partial charge in [-0.3, -0.25) is 0 Å². The first-order valence-corrected chi connectivity index (χ1v) is 16.7. The number of benzene rings is 4. The van der Waals surface area contributed by atoms with E-state index in [-0.39, 0.29) is 35.6 Å². The second kappa shape index (κ2) is 16.2. The third kappa shape index (κ3) is 9.53. The van der Waals surface area contributed by atoms with Crippen LogP contribution in [0.25, 0.3) is 11.1 Å². The Labute approximate surface area is 293 Å². The average molecular weight is 786 g/mol. The van der Waals surface area contributed by atoms with E-state index in [1.807, 2.05) is 30.3 Å². The molecule has 0 saturated carbocycles. The Bertz CT molecular complexity index is 1490. The van der Waals surface area contributed by atoms with Gasteiger partial charge in [-0.05, 0) is 35.4 Å². The fourth-order valence-electron chi connectivity index (χ4n) is 5.72. The largest absolute Gasteiger partial charge is 0.214 e. The first-order chi connectivity index (χ1) is 19.9. The summed E-state index contributed by atoms with van der Waals surface area (Å²) in [5, 5.41) is 0. The smallest absolute Gasteiger partial charge is 0.172 e. The molecule has 0 atom stereocenters. The quantitative estimate of drug-likeness (QED) is 0.180. The molecule has 228 valence electrons. The van der Waals surface area contributed by atoms with Crippen LogP contribution in [0, 0.1) is 19.9 Å². The molecule has 0 fully saturated rings. The van der Waals surface area contributed by atoms with Gasteiger partial charge in [-0.15, -0.1) is 16.7 Å². The molecule has 1 aliphatic rings. The van der Waals surface area contributed by atoms with Crippen LogP contribution in [0.1, 0.15) is 86.1 Å². The first kappa shape index (κ1) is 37.7. The van der Waals surface area contributed by atoms with Crippen molar-refractivity contribution in [3.63, 3.8) is 0 Å². The zero-order chi connectivity index (χ0) is 30.5. The maximum absolute atomic E-state index is 3.69. The standard InChI is InChI=1S/C23H29.C13H10.C5H5.2ClH.Hf/c1-14-9-16-11-17-10-15(2)21(23(6,7)8)13-19(17)18(16)12-20(14)22(3,4)5;1-3-7-12(8-4-1)11-13-9-5-2-6-10-13;1-2-4-5-3-1;;;/h9,12-13H,11H2,1-8H3;1-10H;1-5H;2*1H;/q-1;;-1;;;+2/p-2. The molecule has 0 aliphatic heterocycles. The summed E-state index contributed by atoms with van der Waals surface area (Å²) in [6, 6.07) is 42.1. The summed E-state index contributed by atoms with van der Waals surface area (Å²) in [6.07, 6.45) is 1.03. The van der Waals surface area contributed by atoms with Crippen molar-refractivity contribution in [3.8, 4) is 11.1 Å². The molecule has 3 heteroatoms. The van der Waals surface area contributed by atoms with Crippen molar-refractivity contribution in [2.24, 2.45) is 0 Å². The Morgan fingerprint density at radius 1 is 0.659 bits per heavy atom. The zero-order valence-electron chi connectivity index (χ0n) is 27.4. The molecule has 0 N–H and O–H groups in total. The minimum atomic E-state index is 0. The molecule has 0 bridgehead atoms. The maximum atomic E-state index is 3.69. The van der Waals surface area contributed by atoms with Gasteiger partial charge in [0, 0.05) is 0 Å². The van der Waals surface area contributed by atoms with Gasteiger partial charge in [0.1, 0.15) is 0 Å². The van der Waals surface area contributed by atoms with Crippen molar-refractivity contribution < 1.29 is 48.7 Å². The summed E-state index contributed by atoms with van der Waals surface area (Å²) >= 11 is 1.08. The minimum Gasteiger partial charge on any atom is -0.214 e. The van der Waals surface area contributed by atoms with Crippen LogP contribution in [0.3, 0.4) is 0 Å². The molecule has 1 aliphatic carbocycles. The topological polar surface area (TPSA) is 0 Å². The van der Waals surface area contributed by atoms with Crippen LogP contribution in [0.4, 0.5) is 0 Å². The van der Waals surface area contributed by atoms with E-state index in [0.29, 0.717) is 0 Å². The number of rotatable bonds is 2. The SMILES string of the molecule is Cc1[c-]c2c(cc1C(C)(C)C)-c1cc(C(C)(C)C)c(C)cc1C2.[Cl-].[Cl-].[Hf+2]=[C](c1ccccc1)c1ccccc1.c1cc[cH-]c1. The predicted molar refractivity (Wildman–Crippen MR) is 179 cm³/mol. The third-order valence-electron chi connectivity index (χ3n) is 7.76. The molecule has 0 aromatic heterocycles. The molecule has 0 nitrogen and oxygen atoms in total. The van der Waals surface area contributed by atoms with E-state index in [2.05, 4.69) is 140 Å². The molecule has 0 heterocycles. The maximum Gasteiger partial charge on any atom is -0.172 e. The number of halogens is 2. The van der Waals surface area contributed by atoms with Gasteiger partial charge < -0.3 is 24.8 Å². The molecule has 0 saturated heterocycles. The Morgan fingerprint density at radius 2 is 1.14 bits per heavy atom. The molecule has 0 amide bonds. The van der Waals surface area contributed by atoms with E-state index in [1.165, 1.54) is 58.9 Å². The Hall–Kier alpha value is -2.45. The van der Waals surface area contributed by atoms with Crippen molar-refractivity contribution in [2.45, 2.75) is 72.6 Å². The Balaban J connectivity index is 0.000000273. The number of fused-ring (bicyclic) bond motifs is 3. The van der Waals surface area contributed by atoms with Gasteiger partial charge in [0.05, 0.1) is 0 Å². The van der Waals surface area contributed by atoms with Crippen LogP contribution >= 0.6 is 0 Å². The molecular formula is C41H44Cl2Hf-2. The molecule has 6 rings (SSSR count). The molecule has 5 aromatic carbocycles. The second-order valence-electron chi connectivity index (χ2n) is 13.3. The van der Waals surface area contributed by atoms with E-state index in [1.54, 1.807) is 0 Å². The van der Waals surface area contributed by atoms with Crippen molar-refractivity contribution in [3.05, 3.63) is 160 Å². The van der Waals surface area contributed by atoms with Crippen LogP contribution < -0.4 is 24.8 Å². The molecule has 0 unspecified atom stereocenters.